The largest absolute Gasteiger partial charge is 0.497 e. The fourth-order valence-electron chi connectivity index (χ4n) is 3.77. The molecule has 2 N–H and O–H groups in total. The van der Waals surface area contributed by atoms with Crippen molar-refractivity contribution in [3.63, 3.8) is 0 Å². The lowest BCUT2D eigenvalue weighted by molar-refractivity contribution is 0.0698. The lowest BCUT2D eigenvalue weighted by Gasteiger charge is -2.16. The van der Waals surface area contributed by atoms with Gasteiger partial charge in [-0.05, 0) is 42.7 Å². The van der Waals surface area contributed by atoms with E-state index >= 15 is 0 Å². The number of benzene rings is 2. The highest BCUT2D eigenvalue weighted by Gasteiger charge is 2.26. The second-order valence-corrected chi connectivity index (χ2v) is 9.15. The molecule has 0 fully saturated rings. The van der Waals surface area contributed by atoms with E-state index in [1.54, 1.807) is 26.1 Å². The van der Waals surface area contributed by atoms with Crippen molar-refractivity contribution in [1.82, 2.24) is 14.8 Å². The lowest BCUT2D eigenvalue weighted by atomic mass is 10.0. The van der Waals surface area contributed by atoms with E-state index in [4.69, 9.17) is 4.74 Å². The van der Waals surface area contributed by atoms with Gasteiger partial charge in [0.05, 0.1) is 28.8 Å². The molecule has 0 atom stereocenters. The van der Waals surface area contributed by atoms with Crippen LogP contribution < -0.4 is 9.46 Å². The maximum atomic E-state index is 13.6. The Morgan fingerprint density at radius 1 is 1.18 bits per heavy atom. The summed E-state index contributed by atoms with van der Waals surface area (Å²) in [5.41, 5.74) is 1.93. The highest BCUT2D eigenvalue weighted by atomic mass is 32.2. The van der Waals surface area contributed by atoms with Gasteiger partial charge in [-0.3, -0.25) is 9.40 Å². The molecule has 0 radical (unpaired) electrons. The van der Waals surface area contributed by atoms with E-state index in [1.807, 2.05) is 30.3 Å². The van der Waals surface area contributed by atoms with Crippen LogP contribution in [0.1, 0.15) is 27.2 Å². The molecule has 0 aliphatic heterocycles. The Kier molecular flexibility index (Phi) is 5.77. The Hall–Kier alpha value is -3.92. The van der Waals surface area contributed by atoms with Crippen molar-refractivity contribution >= 4 is 32.7 Å². The third kappa shape index (κ3) is 4.24. The topological polar surface area (TPSA) is 123 Å². The number of ether oxygens (including phenoxy) is 1. The quantitative estimate of drug-likeness (QED) is 0.428. The highest BCUT2D eigenvalue weighted by Crippen LogP contribution is 2.32. The number of aromatic carboxylic acids is 1. The Morgan fingerprint density at radius 2 is 1.91 bits per heavy atom. The van der Waals surface area contributed by atoms with Crippen LogP contribution in [0.15, 0.2) is 59.6 Å². The Morgan fingerprint density at radius 3 is 2.58 bits per heavy atom. The molecule has 33 heavy (non-hydrogen) atoms. The molecule has 2 aromatic heterocycles. The molecule has 0 saturated heterocycles. The first-order valence-electron chi connectivity index (χ1n) is 10.0. The van der Waals surface area contributed by atoms with E-state index in [0.717, 1.165) is 11.8 Å². The monoisotopic (exact) mass is 466 g/mol. The predicted octanol–water partition coefficient (Wildman–Crippen LogP) is 3.38. The van der Waals surface area contributed by atoms with Crippen molar-refractivity contribution in [2.45, 2.75) is 18.2 Å². The number of pyridine rings is 1. The number of aryl methyl sites for hydroxylation is 2. The molecule has 9 nitrogen and oxygen atoms in total. The molecule has 170 valence electrons. The maximum Gasteiger partial charge on any atom is 0.339 e. The van der Waals surface area contributed by atoms with Crippen molar-refractivity contribution in [2.75, 3.05) is 11.8 Å². The van der Waals surface area contributed by atoms with Gasteiger partial charge in [0.15, 0.2) is 5.65 Å². The summed E-state index contributed by atoms with van der Waals surface area (Å²) in [5.74, 6) is -0.787. The number of sulfonamides is 1. The average Bonchev–Trinajstić information content (AvgIpc) is 3.07. The van der Waals surface area contributed by atoms with Crippen LogP contribution in [-0.4, -0.2) is 41.4 Å². The third-order valence-corrected chi connectivity index (χ3v) is 6.74. The minimum Gasteiger partial charge on any atom is -0.497 e. The summed E-state index contributed by atoms with van der Waals surface area (Å²) >= 11 is 0. The normalized spacial score (nSPS) is 11.5. The summed E-state index contributed by atoms with van der Waals surface area (Å²) in [4.78, 5) is 16.1. The van der Waals surface area contributed by atoms with E-state index in [0.29, 0.717) is 34.5 Å². The molecule has 0 aliphatic carbocycles. The van der Waals surface area contributed by atoms with Crippen molar-refractivity contribution in [3.8, 4) is 5.75 Å². The molecular weight excluding hydrogens is 444 g/mol. The van der Waals surface area contributed by atoms with Crippen LogP contribution >= 0.6 is 0 Å². The number of carboxylic acids is 1. The van der Waals surface area contributed by atoms with Gasteiger partial charge in [-0.25, -0.2) is 18.2 Å². The Balaban J connectivity index is 1.86. The maximum absolute atomic E-state index is 13.6. The third-order valence-electron chi connectivity index (χ3n) is 5.29. The summed E-state index contributed by atoms with van der Waals surface area (Å²) in [6.45, 7) is 1.67. The number of nitrogens with one attached hydrogen (secondary N) is 1. The van der Waals surface area contributed by atoms with Crippen LogP contribution in [0.2, 0.25) is 0 Å². The zero-order valence-electron chi connectivity index (χ0n) is 18.2. The van der Waals surface area contributed by atoms with Crippen LogP contribution in [0, 0.1) is 6.92 Å². The van der Waals surface area contributed by atoms with Gasteiger partial charge in [0.25, 0.3) is 10.0 Å². The van der Waals surface area contributed by atoms with E-state index in [2.05, 4.69) is 14.8 Å². The molecule has 0 aliphatic rings. The van der Waals surface area contributed by atoms with Gasteiger partial charge in [-0.1, -0.05) is 30.3 Å². The summed E-state index contributed by atoms with van der Waals surface area (Å²) in [5, 5.41) is 14.3. The van der Waals surface area contributed by atoms with E-state index in [1.165, 1.54) is 17.9 Å². The van der Waals surface area contributed by atoms with Crippen molar-refractivity contribution in [3.05, 3.63) is 77.1 Å². The van der Waals surface area contributed by atoms with Crippen LogP contribution in [0.3, 0.4) is 0 Å². The summed E-state index contributed by atoms with van der Waals surface area (Å²) in [7, 11) is -1.02. The van der Waals surface area contributed by atoms with Crippen molar-refractivity contribution < 1.29 is 23.1 Å². The molecule has 0 unspecified atom stereocenters. The number of rotatable bonds is 7. The average molecular weight is 467 g/mol. The fraction of sp³-hybridized carbons (Fsp3) is 0.174. The van der Waals surface area contributed by atoms with Gasteiger partial charge >= 0.3 is 5.97 Å². The molecule has 0 bridgehead atoms. The SMILES string of the molecule is COc1ccc(S(=O)(=O)Nc2c(C(=O)O)cnc3c2c(C)nn3C)c(Cc2ccccc2)c1. The number of carbonyl (C=O) groups is 1. The van der Waals surface area contributed by atoms with Gasteiger partial charge in [0.2, 0.25) is 0 Å². The van der Waals surface area contributed by atoms with Gasteiger partial charge in [0.1, 0.15) is 11.3 Å². The zero-order valence-corrected chi connectivity index (χ0v) is 19.0. The van der Waals surface area contributed by atoms with E-state index < -0.39 is 16.0 Å². The number of methoxy groups -OCH3 is 1. The molecule has 4 aromatic rings. The second-order valence-electron chi connectivity index (χ2n) is 7.50. The summed E-state index contributed by atoms with van der Waals surface area (Å²) in [6.07, 6.45) is 1.47. The van der Waals surface area contributed by atoms with Crippen LogP contribution in [0.4, 0.5) is 5.69 Å². The second kappa shape index (κ2) is 8.55. The minimum absolute atomic E-state index is 0.0231. The number of hydrogen-bond acceptors (Lipinski definition) is 6. The molecule has 0 spiro atoms. The number of aromatic nitrogens is 3. The Labute approximate surface area is 190 Å². The standard InChI is InChI=1S/C23H22N4O5S/c1-14-20-21(18(23(28)29)13-24-22(20)27(2)25-14)26-33(30,31)19-10-9-17(32-3)12-16(19)11-15-7-5-4-6-8-15/h4-10,12-13H,11H2,1-3H3,(H,24,26)(H,28,29). The number of carboxylic acid groups (broad SMARTS) is 1. The summed E-state index contributed by atoms with van der Waals surface area (Å²) in [6, 6.07) is 14.1. The van der Waals surface area contributed by atoms with E-state index in [-0.39, 0.29) is 16.1 Å². The van der Waals surface area contributed by atoms with Gasteiger partial charge in [-0.15, -0.1) is 0 Å². The number of anilines is 1. The van der Waals surface area contributed by atoms with E-state index in [9.17, 15) is 18.3 Å². The van der Waals surface area contributed by atoms with Crippen LogP contribution in [-0.2, 0) is 23.5 Å². The summed E-state index contributed by atoms with van der Waals surface area (Å²) < 4.78 is 36.4. The van der Waals surface area contributed by atoms with Crippen LogP contribution in [0.5, 0.6) is 5.75 Å². The first-order chi connectivity index (χ1) is 15.7. The van der Waals surface area contributed by atoms with Crippen molar-refractivity contribution in [1.29, 1.82) is 0 Å². The van der Waals surface area contributed by atoms with Gasteiger partial charge in [0, 0.05) is 13.2 Å². The molecular formula is C23H22N4O5S. The number of hydrogen-bond donors (Lipinski definition) is 2. The predicted molar refractivity (Wildman–Crippen MR) is 123 cm³/mol. The van der Waals surface area contributed by atoms with Gasteiger partial charge in [-0.2, -0.15) is 5.10 Å². The Bertz CT molecular complexity index is 1460. The van der Waals surface area contributed by atoms with Crippen LogP contribution in [0.25, 0.3) is 11.0 Å². The highest BCUT2D eigenvalue weighted by molar-refractivity contribution is 7.92. The fourth-order valence-corrected chi connectivity index (χ4v) is 5.08. The molecule has 0 saturated carbocycles. The molecule has 2 aromatic carbocycles. The molecule has 0 amide bonds. The molecule has 10 heteroatoms. The zero-order chi connectivity index (χ0) is 23.8. The number of fused-ring (bicyclic) bond motifs is 1. The number of nitrogens with zero attached hydrogens (tertiary/aromatic N) is 3. The smallest absolute Gasteiger partial charge is 0.339 e. The van der Waals surface area contributed by atoms with Crippen molar-refractivity contribution in [2.24, 2.45) is 7.05 Å². The minimum atomic E-state index is -4.18. The van der Waals surface area contributed by atoms with Gasteiger partial charge < -0.3 is 9.84 Å². The first kappa shape index (κ1) is 22.3. The first-order valence-corrected chi connectivity index (χ1v) is 11.5. The lowest BCUT2D eigenvalue weighted by Crippen LogP contribution is -2.18. The molecule has 2 heterocycles. The molecule has 4 rings (SSSR count).